The van der Waals surface area contributed by atoms with Gasteiger partial charge in [-0.1, -0.05) is 39.8 Å². The lowest BCUT2D eigenvalue weighted by Gasteiger charge is -2.41. The molecule has 154 valence electrons. The molecule has 0 aliphatic heterocycles. The van der Waals surface area contributed by atoms with Gasteiger partial charge in [0.15, 0.2) is 11.8 Å². The monoisotopic (exact) mass is 402 g/mol. The third-order valence-corrected chi connectivity index (χ3v) is 7.05. The molecule has 0 amide bonds. The Labute approximate surface area is 183 Å². The van der Waals surface area contributed by atoms with Crippen molar-refractivity contribution < 1.29 is 13.1 Å². The van der Waals surface area contributed by atoms with Gasteiger partial charge in [-0.3, -0.25) is 0 Å². The van der Waals surface area contributed by atoms with Gasteiger partial charge in [0.25, 0.3) is 0 Å². The lowest BCUT2D eigenvalue weighted by molar-refractivity contribution is -0.660. The highest BCUT2D eigenvalue weighted by molar-refractivity contribution is 6.10. The van der Waals surface area contributed by atoms with Gasteiger partial charge in [0.1, 0.15) is 7.05 Å². The fourth-order valence-electron chi connectivity index (χ4n) is 5.19. The maximum absolute atomic E-state index is 7.74. The van der Waals surface area contributed by atoms with E-state index >= 15 is 0 Å². The van der Waals surface area contributed by atoms with Crippen molar-refractivity contribution >= 4 is 22.1 Å². The number of aromatic nitrogens is 2. The van der Waals surface area contributed by atoms with E-state index in [1.807, 2.05) is 23.9 Å². The van der Waals surface area contributed by atoms with Crippen LogP contribution in [0.5, 0.6) is 0 Å². The second-order valence-corrected chi connectivity index (χ2v) is 10.1. The number of hydrogen-bond donors (Lipinski definition) is 0. The zero-order valence-corrected chi connectivity index (χ0v) is 18.7. The van der Waals surface area contributed by atoms with Crippen LogP contribution in [0, 0.1) is 13.8 Å². The maximum Gasteiger partial charge on any atom is 0.227 e. The smallest absolute Gasteiger partial charge is 0.227 e. The fourth-order valence-corrected chi connectivity index (χ4v) is 5.19. The Morgan fingerprint density at radius 1 is 1.07 bits per heavy atom. The normalized spacial score (nSPS) is 19.3. The summed E-state index contributed by atoms with van der Waals surface area (Å²) in [4.78, 5) is 4.78. The van der Waals surface area contributed by atoms with E-state index in [0.29, 0.717) is 11.3 Å². The highest BCUT2D eigenvalue weighted by atomic mass is 16.3. The van der Waals surface area contributed by atoms with Crippen molar-refractivity contribution in [1.29, 1.82) is 0 Å². The maximum atomic E-state index is 7.74. The van der Waals surface area contributed by atoms with Crippen molar-refractivity contribution in [1.82, 2.24) is 4.98 Å². The van der Waals surface area contributed by atoms with Gasteiger partial charge in [-0.05, 0) is 60.2 Å². The number of fused-ring (bicyclic) bond motifs is 5. The largest absolute Gasteiger partial charge is 0.437 e. The number of rotatable bonds is 1. The molecule has 1 aromatic carbocycles. The van der Waals surface area contributed by atoms with Gasteiger partial charge < -0.3 is 4.42 Å². The Hall–Kier alpha value is -2.68. The second kappa shape index (κ2) is 6.16. The molecule has 3 aromatic heterocycles. The zero-order valence-electron chi connectivity index (χ0n) is 21.7. The minimum atomic E-state index is -2.14. The van der Waals surface area contributed by atoms with Gasteiger partial charge in [-0.15, -0.1) is 0 Å². The third-order valence-electron chi connectivity index (χ3n) is 7.05. The van der Waals surface area contributed by atoms with Crippen molar-refractivity contribution in [3.8, 4) is 11.3 Å². The summed E-state index contributed by atoms with van der Waals surface area (Å²) < 4.78 is 31.6. The molecule has 5 rings (SSSR count). The summed E-state index contributed by atoms with van der Waals surface area (Å²) in [5.74, 6) is 0. The molecule has 1 aliphatic rings. The number of furan rings is 1. The molecule has 0 spiro atoms. The van der Waals surface area contributed by atoms with E-state index in [9.17, 15) is 0 Å². The molecular weight excluding hydrogens is 368 g/mol. The van der Waals surface area contributed by atoms with Crippen molar-refractivity contribution in [2.75, 3.05) is 0 Å². The molecule has 3 heterocycles. The fraction of sp³-hybridized carbons (Fsp3) is 0.407. The topological polar surface area (TPSA) is 29.9 Å². The Kier molecular flexibility index (Phi) is 3.30. The highest BCUT2D eigenvalue weighted by Gasteiger charge is 2.40. The SMILES string of the molecule is [2H]C([2H])([2H])c1ccc(-c2c(C)ccc3c2oc2ncc4c(c23)C(C)(C)CCC4(C)C)[n+](C)c1. The average molecular weight is 403 g/mol. The summed E-state index contributed by atoms with van der Waals surface area (Å²) in [5.41, 5.74) is 7.52. The van der Waals surface area contributed by atoms with Crippen molar-refractivity contribution in [3.63, 3.8) is 0 Å². The van der Waals surface area contributed by atoms with Crippen LogP contribution in [0.4, 0.5) is 0 Å². The quantitative estimate of drug-likeness (QED) is 0.343. The molecule has 3 nitrogen and oxygen atoms in total. The van der Waals surface area contributed by atoms with Crippen LogP contribution in [0.2, 0.25) is 0 Å². The van der Waals surface area contributed by atoms with Crippen LogP contribution in [-0.2, 0) is 17.9 Å². The van der Waals surface area contributed by atoms with Gasteiger partial charge in [-0.25, -0.2) is 9.55 Å². The Morgan fingerprint density at radius 3 is 2.57 bits per heavy atom. The standard InChI is InChI=1S/C27H31N2O/c1-16-8-11-20(29(7)15-16)21-17(2)9-10-18-22-23-19(14-28-25(22)30-24(18)21)26(3,4)12-13-27(23,5)6/h8-11,14-15H,12-13H2,1-7H3/q+1/i1D3. The molecule has 30 heavy (non-hydrogen) atoms. The first kappa shape index (κ1) is 16.1. The van der Waals surface area contributed by atoms with Crippen LogP contribution in [0.25, 0.3) is 33.3 Å². The van der Waals surface area contributed by atoms with Gasteiger partial charge in [0.05, 0.1) is 10.9 Å². The molecule has 0 bridgehead atoms. The minimum absolute atomic E-state index is 0.0277. The van der Waals surface area contributed by atoms with Crippen LogP contribution in [0.3, 0.4) is 0 Å². The first-order chi connectivity index (χ1) is 15.3. The molecule has 0 saturated heterocycles. The molecule has 0 unspecified atom stereocenters. The molecule has 4 aromatic rings. The van der Waals surface area contributed by atoms with Crippen LogP contribution >= 0.6 is 0 Å². The van der Waals surface area contributed by atoms with Crippen molar-refractivity contribution in [2.24, 2.45) is 7.05 Å². The number of pyridine rings is 2. The second-order valence-electron chi connectivity index (χ2n) is 10.1. The number of aryl methyl sites for hydroxylation is 3. The average Bonchev–Trinajstić information content (AvgIpc) is 3.09. The van der Waals surface area contributed by atoms with E-state index in [0.717, 1.165) is 46.0 Å². The molecule has 0 N–H and O–H groups in total. The lowest BCUT2D eigenvalue weighted by Crippen LogP contribution is -2.34. The predicted octanol–water partition coefficient (Wildman–Crippen LogP) is 6.44. The van der Waals surface area contributed by atoms with Crippen molar-refractivity contribution in [3.05, 3.63) is 58.9 Å². The molecule has 0 atom stereocenters. The summed E-state index contributed by atoms with van der Waals surface area (Å²) in [5, 5.41) is 2.18. The van der Waals surface area contributed by atoms with Crippen LogP contribution < -0.4 is 4.57 Å². The first-order valence-electron chi connectivity index (χ1n) is 12.2. The molecule has 3 heteroatoms. The van der Waals surface area contributed by atoms with E-state index in [1.54, 1.807) is 12.3 Å². The minimum Gasteiger partial charge on any atom is -0.437 e. The number of benzene rings is 1. The molecule has 1 aliphatic carbocycles. The van der Waals surface area contributed by atoms with Gasteiger partial charge >= 0.3 is 0 Å². The Bertz CT molecular complexity index is 1430. The van der Waals surface area contributed by atoms with Gasteiger partial charge in [0.2, 0.25) is 11.4 Å². The lowest BCUT2D eigenvalue weighted by atomic mass is 9.63. The van der Waals surface area contributed by atoms with Gasteiger partial charge in [0, 0.05) is 27.3 Å². The number of nitrogens with zero attached hydrogens (tertiary/aromatic N) is 2. The molecular formula is C27H31N2O+. The van der Waals surface area contributed by atoms with E-state index in [1.165, 1.54) is 11.1 Å². The zero-order chi connectivity index (χ0) is 23.9. The molecule has 0 radical (unpaired) electrons. The van der Waals surface area contributed by atoms with Crippen molar-refractivity contribution in [2.45, 2.75) is 65.1 Å². The summed E-state index contributed by atoms with van der Waals surface area (Å²) in [6.07, 6.45) is 5.95. The number of hydrogen-bond acceptors (Lipinski definition) is 2. The first-order valence-corrected chi connectivity index (χ1v) is 10.7. The molecule has 0 saturated carbocycles. The van der Waals surface area contributed by atoms with E-state index in [2.05, 4.69) is 46.8 Å². The Balaban J connectivity index is 1.85. The van der Waals surface area contributed by atoms with Crippen LogP contribution in [0.1, 0.15) is 66.9 Å². The molecule has 0 fully saturated rings. The third kappa shape index (κ3) is 2.64. The Morgan fingerprint density at radius 2 is 1.83 bits per heavy atom. The van der Waals surface area contributed by atoms with Crippen LogP contribution in [0.15, 0.2) is 41.1 Å². The van der Waals surface area contributed by atoms with E-state index < -0.39 is 6.85 Å². The summed E-state index contributed by atoms with van der Waals surface area (Å²) >= 11 is 0. The van der Waals surface area contributed by atoms with Gasteiger partial charge in [-0.2, -0.15) is 0 Å². The summed E-state index contributed by atoms with van der Waals surface area (Å²) in [7, 11) is 1.89. The predicted molar refractivity (Wildman–Crippen MR) is 123 cm³/mol. The van der Waals surface area contributed by atoms with Crippen LogP contribution in [-0.4, -0.2) is 4.98 Å². The summed E-state index contributed by atoms with van der Waals surface area (Å²) in [6.45, 7) is 9.18. The highest BCUT2D eigenvalue weighted by Crippen LogP contribution is 2.50. The van der Waals surface area contributed by atoms with E-state index in [-0.39, 0.29) is 10.8 Å². The van der Waals surface area contributed by atoms with E-state index in [4.69, 9.17) is 13.5 Å². The summed E-state index contributed by atoms with van der Waals surface area (Å²) in [6, 6.07) is 7.85.